The third kappa shape index (κ3) is 3.68. The number of alkyl halides is 1. The van der Waals surface area contributed by atoms with Crippen LogP contribution in [-0.4, -0.2) is 30.7 Å². The predicted octanol–water partition coefficient (Wildman–Crippen LogP) is 2.14. The average Bonchev–Trinajstić information content (AvgIpc) is 2.27. The van der Waals surface area contributed by atoms with Crippen molar-refractivity contribution < 1.29 is 17.9 Å². The van der Waals surface area contributed by atoms with Crippen molar-refractivity contribution in [3.8, 4) is 0 Å². The number of ether oxygens (including phenoxy) is 1. The Balaban J connectivity index is 3.02. The molecular weight excluding hydrogens is 367 g/mol. The van der Waals surface area contributed by atoms with Crippen LogP contribution in [0, 0.1) is 6.92 Å². The summed E-state index contributed by atoms with van der Waals surface area (Å²) in [5.41, 5.74) is 0.985. The Labute approximate surface area is 121 Å². The highest BCUT2D eigenvalue weighted by atomic mass is 127. The molecule has 0 aliphatic rings. The van der Waals surface area contributed by atoms with E-state index in [9.17, 15) is 13.2 Å². The van der Waals surface area contributed by atoms with Crippen LogP contribution in [0.5, 0.6) is 0 Å². The monoisotopic (exact) mass is 382 g/mol. The van der Waals surface area contributed by atoms with Crippen molar-refractivity contribution in [3.05, 3.63) is 29.8 Å². The van der Waals surface area contributed by atoms with Crippen LogP contribution in [0.15, 0.2) is 29.2 Å². The molecule has 0 aromatic heterocycles. The number of sulfone groups is 1. The second kappa shape index (κ2) is 5.56. The van der Waals surface area contributed by atoms with Crippen LogP contribution >= 0.6 is 22.6 Å². The molecule has 0 amide bonds. The number of rotatable bonds is 4. The molecule has 1 atom stereocenters. The predicted molar refractivity (Wildman–Crippen MR) is 77.7 cm³/mol. The summed E-state index contributed by atoms with van der Waals surface area (Å²) < 4.78 is 27.9. The molecule has 0 saturated heterocycles. The van der Waals surface area contributed by atoms with E-state index in [1.165, 1.54) is 7.11 Å². The van der Waals surface area contributed by atoms with Gasteiger partial charge in [-0.3, -0.25) is 4.79 Å². The zero-order valence-electron chi connectivity index (χ0n) is 10.4. The summed E-state index contributed by atoms with van der Waals surface area (Å²) in [6.07, 6.45) is 0. The van der Waals surface area contributed by atoms with E-state index in [1.807, 2.05) is 6.92 Å². The standard InChI is InChI=1S/C12H15IO4S/c1-9-4-6-10(7-5-9)18(15,16)8-12(2,13)11(14)17-3/h4-7H,8H2,1-3H3. The van der Waals surface area contributed by atoms with E-state index in [-0.39, 0.29) is 10.6 Å². The molecule has 0 N–H and O–H groups in total. The van der Waals surface area contributed by atoms with Gasteiger partial charge < -0.3 is 4.74 Å². The highest BCUT2D eigenvalue weighted by molar-refractivity contribution is 14.1. The van der Waals surface area contributed by atoms with Crippen LogP contribution in [0.25, 0.3) is 0 Å². The van der Waals surface area contributed by atoms with Crippen LogP contribution in [0.3, 0.4) is 0 Å². The Morgan fingerprint density at radius 1 is 1.33 bits per heavy atom. The largest absolute Gasteiger partial charge is 0.468 e. The molecule has 4 nitrogen and oxygen atoms in total. The normalized spacial score (nSPS) is 14.9. The fourth-order valence-corrected chi connectivity index (χ4v) is 4.46. The Morgan fingerprint density at radius 2 is 1.83 bits per heavy atom. The van der Waals surface area contributed by atoms with Crippen LogP contribution in [-0.2, 0) is 19.4 Å². The first-order chi connectivity index (χ1) is 8.19. The Bertz CT molecular complexity index is 532. The van der Waals surface area contributed by atoms with E-state index >= 15 is 0 Å². The third-order valence-electron chi connectivity index (χ3n) is 2.45. The van der Waals surface area contributed by atoms with Gasteiger partial charge in [-0.2, -0.15) is 0 Å². The van der Waals surface area contributed by atoms with Gasteiger partial charge in [0.2, 0.25) is 0 Å². The molecule has 1 aromatic rings. The summed E-state index contributed by atoms with van der Waals surface area (Å²) in [7, 11) is -2.25. The maximum atomic E-state index is 12.2. The summed E-state index contributed by atoms with van der Waals surface area (Å²) in [6, 6.07) is 6.56. The molecule has 0 saturated carbocycles. The molecule has 1 unspecified atom stereocenters. The van der Waals surface area contributed by atoms with Gasteiger partial charge in [0, 0.05) is 0 Å². The molecule has 0 radical (unpaired) electrons. The van der Waals surface area contributed by atoms with Gasteiger partial charge in [-0.25, -0.2) is 8.42 Å². The number of aryl methyl sites for hydroxylation is 1. The summed E-state index contributed by atoms with van der Waals surface area (Å²) in [5.74, 6) is -0.824. The summed E-state index contributed by atoms with van der Waals surface area (Å²) >= 11 is 1.81. The minimum Gasteiger partial charge on any atom is -0.468 e. The van der Waals surface area contributed by atoms with Crippen LogP contribution < -0.4 is 0 Å². The molecule has 0 heterocycles. The smallest absolute Gasteiger partial charge is 0.322 e. The maximum absolute atomic E-state index is 12.2. The first kappa shape index (κ1) is 15.4. The Morgan fingerprint density at radius 3 is 2.28 bits per heavy atom. The maximum Gasteiger partial charge on any atom is 0.322 e. The zero-order chi connectivity index (χ0) is 14.0. The summed E-state index contributed by atoms with van der Waals surface area (Å²) in [4.78, 5) is 11.7. The van der Waals surface area contributed by atoms with Crippen molar-refractivity contribution in [3.63, 3.8) is 0 Å². The number of carbonyl (C=O) groups excluding carboxylic acids is 1. The molecule has 1 rings (SSSR count). The Hall–Kier alpha value is -0.630. The molecule has 100 valence electrons. The van der Waals surface area contributed by atoms with Gasteiger partial charge in [0.1, 0.15) is 3.42 Å². The van der Waals surface area contributed by atoms with Crippen molar-refractivity contribution in [1.82, 2.24) is 0 Å². The molecule has 0 aliphatic carbocycles. The fraction of sp³-hybridized carbons (Fsp3) is 0.417. The van der Waals surface area contributed by atoms with E-state index in [0.29, 0.717) is 0 Å². The summed E-state index contributed by atoms with van der Waals surface area (Å²) in [6.45, 7) is 3.43. The van der Waals surface area contributed by atoms with Crippen molar-refractivity contribution in [2.24, 2.45) is 0 Å². The highest BCUT2D eigenvalue weighted by Crippen LogP contribution is 2.25. The first-order valence-corrected chi connectivity index (χ1v) is 7.99. The van der Waals surface area contributed by atoms with Crippen LogP contribution in [0.4, 0.5) is 0 Å². The quantitative estimate of drug-likeness (QED) is 0.455. The lowest BCUT2D eigenvalue weighted by atomic mass is 10.2. The molecule has 0 spiro atoms. The van der Waals surface area contributed by atoms with Crippen LogP contribution in [0.2, 0.25) is 0 Å². The minimum absolute atomic E-state index is 0.222. The van der Waals surface area contributed by atoms with Crippen molar-refractivity contribution in [2.45, 2.75) is 22.2 Å². The minimum atomic E-state index is -3.50. The van der Waals surface area contributed by atoms with Crippen molar-refractivity contribution in [2.75, 3.05) is 12.9 Å². The molecule has 18 heavy (non-hydrogen) atoms. The number of hydrogen-bond acceptors (Lipinski definition) is 4. The highest BCUT2D eigenvalue weighted by Gasteiger charge is 2.37. The van der Waals surface area contributed by atoms with Gasteiger partial charge in [0.25, 0.3) is 0 Å². The fourth-order valence-electron chi connectivity index (χ4n) is 1.46. The number of benzene rings is 1. The molecule has 0 fully saturated rings. The van der Waals surface area contributed by atoms with Gasteiger partial charge in [-0.1, -0.05) is 40.3 Å². The molecule has 1 aromatic carbocycles. The molecular formula is C12H15IO4S. The van der Waals surface area contributed by atoms with Crippen LogP contribution in [0.1, 0.15) is 12.5 Å². The van der Waals surface area contributed by atoms with E-state index in [2.05, 4.69) is 4.74 Å². The molecule has 0 bridgehead atoms. The lowest BCUT2D eigenvalue weighted by Gasteiger charge is -2.19. The number of carbonyl (C=O) groups is 1. The van der Waals surface area contributed by atoms with Crippen molar-refractivity contribution in [1.29, 1.82) is 0 Å². The Kier molecular flexibility index (Phi) is 4.77. The summed E-state index contributed by atoms with van der Waals surface area (Å²) in [5, 5.41) is 0. The van der Waals surface area contributed by atoms with Gasteiger partial charge in [-0.05, 0) is 26.0 Å². The molecule has 0 aliphatic heterocycles. The SMILES string of the molecule is COC(=O)C(C)(I)CS(=O)(=O)c1ccc(C)cc1. The van der Waals surface area contributed by atoms with Gasteiger partial charge in [-0.15, -0.1) is 0 Å². The topological polar surface area (TPSA) is 60.4 Å². The second-order valence-corrected chi connectivity index (χ2v) is 8.63. The number of hydrogen-bond donors (Lipinski definition) is 0. The van der Waals surface area contributed by atoms with Gasteiger partial charge in [0.15, 0.2) is 9.84 Å². The third-order valence-corrected chi connectivity index (χ3v) is 5.74. The van der Waals surface area contributed by atoms with Crippen molar-refractivity contribution >= 4 is 38.4 Å². The molecule has 6 heteroatoms. The van der Waals surface area contributed by atoms with E-state index in [1.54, 1.807) is 53.8 Å². The average molecular weight is 382 g/mol. The van der Waals surface area contributed by atoms with E-state index in [0.717, 1.165) is 5.56 Å². The lowest BCUT2D eigenvalue weighted by Crippen LogP contribution is -2.37. The van der Waals surface area contributed by atoms with E-state index in [4.69, 9.17) is 0 Å². The number of halogens is 1. The second-order valence-electron chi connectivity index (χ2n) is 4.26. The van der Waals surface area contributed by atoms with E-state index < -0.39 is 19.2 Å². The van der Waals surface area contributed by atoms with Gasteiger partial charge >= 0.3 is 5.97 Å². The lowest BCUT2D eigenvalue weighted by molar-refractivity contribution is -0.141. The zero-order valence-corrected chi connectivity index (χ0v) is 13.4. The van der Waals surface area contributed by atoms with Gasteiger partial charge in [0.05, 0.1) is 17.8 Å². The number of esters is 1. The number of methoxy groups -OCH3 is 1. The first-order valence-electron chi connectivity index (χ1n) is 5.26.